The zero-order valence-electron chi connectivity index (χ0n) is 21.2. The molecule has 4 atom stereocenters. The maximum absolute atomic E-state index is 13.1. The van der Waals surface area contributed by atoms with Crippen LogP contribution in [0.2, 0.25) is 0 Å². The zero-order chi connectivity index (χ0) is 23.5. The van der Waals surface area contributed by atoms with Gasteiger partial charge in [-0.25, -0.2) is 0 Å². The molecule has 4 aliphatic heterocycles. The van der Waals surface area contributed by atoms with E-state index in [0.717, 1.165) is 52.1 Å². The van der Waals surface area contributed by atoms with Gasteiger partial charge in [-0.3, -0.25) is 24.3 Å². The van der Waals surface area contributed by atoms with Crippen LogP contribution in [0, 0.1) is 0 Å². The molecule has 192 valence electrons. The third-order valence-electron chi connectivity index (χ3n) is 9.41. The van der Waals surface area contributed by atoms with Crippen LogP contribution in [-0.2, 0) is 9.59 Å². The number of carbonyl (C=O) groups is 2. The molecule has 5 fully saturated rings. The maximum Gasteiger partial charge on any atom is 0.239 e. The van der Waals surface area contributed by atoms with Gasteiger partial charge in [0.05, 0.1) is 6.17 Å². The van der Waals surface area contributed by atoms with Crippen molar-refractivity contribution in [3.8, 4) is 0 Å². The van der Waals surface area contributed by atoms with Crippen molar-refractivity contribution in [3.05, 3.63) is 0 Å². The molecular weight excluding hydrogens is 428 g/mol. The highest BCUT2D eigenvalue weighted by Crippen LogP contribution is 2.33. The summed E-state index contributed by atoms with van der Waals surface area (Å²) in [7, 11) is 2.19. The van der Waals surface area contributed by atoms with Crippen molar-refractivity contribution in [2.24, 2.45) is 0 Å². The van der Waals surface area contributed by atoms with E-state index < -0.39 is 0 Å². The third-order valence-corrected chi connectivity index (χ3v) is 9.41. The second-order valence-electron chi connectivity index (χ2n) is 11.3. The molecule has 5 rings (SSSR count). The van der Waals surface area contributed by atoms with Gasteiger partial charge in [0.1, 0.15) is 6.04 Å². The second-order valence-corrected chi connectivity index (χ2v) is 11.3. The average Bonchev–Trinajstić information content (AvgIpc) is 3.30. The van der Waals surface area contributed by atoms with Gasteiger partial charge >= 0.3 is 0 Å². The second kappa shape index (κ2) is 11.2. The van der Waals surface area contributed by atoms with E-state index in [-0.39, 0.29) is 29.9 Å². The van der Waals surface area contributed by atoms with Gasteiger partial charge in [-0.15, -0.1) is 0 Å². The van der Waals surface area contributed by atoms with Crippen LogP contribution in [0.1, 0.15) is 70.6 Å². The number of nitrogens with zero attached hydrogens (tertiary/aromatic N) is 4. The smallest absolute Gasteiger partial charge is 0.239 e. The van der Waals surface area contributed by atoms with Crippen LogP contribution in [0.25, 0.3) is 0 Å². The number of nitrogens with one attached hydrogen (secondary N) is 2. The monoisotopic (exact) mass is 474 g/mol. The Hall–Kier alpha value is -1.22. The normalized spacial score (nSPS) is 35.1. The van der Waals surface area contributed by atoms with Crippen LogP contribution in [-0.4, -0.2) is 115 Å². The summed E-state index contributed by atoms with van der Waals surface area (Å²) in [4.78, 5) is 35.7. The molecule has 1 aliphatic carbocycles. The summed E-state index contributed by atoms with van der Waals surface area (Å²) >= 11 is 0. The SMILES string of the molecule is CN1[C@@H](CCC(=O)N2CCN(C3CCCCN3)CC2)CNC(=O)[C@@H]2[C@@H]1CCN2C1CCCCC1. The van der Waals surface area contributed by atoms with Gasteiger partial charge in [0.2, 0.25) is 11.8 Å². The molecule has 4 heterocycles. The summed E-state index contributed by atoms with van der Waals surface area (Å²) in [5, 5.41) is 6.89. The number of likely N-dealkylation sites (tertiary alicyclic amines) is 1. The number of hydrogen-bond acceptors (Lipinski definition) is 6. The number of rotatable bonds is 5. The first-order valence-electron chi connectivity index (χ1n) is 14.1. The van der Waals surface area contributed by atoms with Gasteiger partial charge in [-0.05, 0) is 58.5 Å². The number of carbonyl (C=O) groups excluding carboxylic acids is 2. The van der Waals surface area contributed by atoms with E-state index in [1.54, 1.807) is 0 Å². The van der Waals surface area contributed by atoms with Crippen molar-refractivity contribution in [2.75, 3.05) is 52.9 Å². The Bertz CT molecular complexity index is 699. The minimum absolute atomic E-state index is 0.0183. The molecule has 0 aromatic carbocycles. The Balaban J connectivity index is 1.11. The molecule has 0 spiro atoms. The van der Waals surface area contributed by atoms with Crippen molar-refractivity contribution in [2.45, 2.75) is 101 Å². The van der Waals surface area contributed by atoms with E-state index in [9.17, 15) is 9.59 Å². The largest absolute Gasteiger partial charge is 0.353 e. The molecule has 34 heavy (non-hydrogen) atoms. The van der Waals surface area contributed by atoms with Gasteiger partial charge in [0, 0.05) is 63.8 Å². The van der Waals surface area contributed by atoms with E-state index in [4.69, 9.17) is 0 Å². The lowest BCUT2D eigenvalue weighted by molar-refractivity contribution is -0.134. The molecule has 1 unspecified atom stereocenters. The van der Waals surface area contributed by atoms with Crippen molar-refractivity contribution < 1.29 is 9.59 Å². The standard InChI is InChI=1S/C26H46N6O2/c1-29-21(10-11-24(33)31-17-15-30(16-18-31)23-9-5-6-13-27-23)19-28-26(34)25-22(29)12-14-32(25)20-7-3-2-4-8-20/h20-23,25,27H,2-19H2,1H3,(H,28,34)/t21-,22-,23?,25-/m0/s1. The van der Waals surface area contributed by atoms with E-state index in [1.165, 1.54) is 51.4 Å². The number of hydrogen-bond donors (Lipinski definition) is 2. The zero-order valence-corrected chi connectivity index (χ0v) is 21.2. The molecular formula is C26H46N6O2. The van der Waals surface area contributed by atoms with Crippen molar-refractivity contribution in [1.29, 1.82) is 0 Å². The molecule has 0 aromatic rings. The summed E-state index contributed by atoms with van der Waals surface area (Å²) in [6.45, 7) is 6.45. The van der Waals surface area contributed by atoms with Crippen LogP contribution in [0.15, 0.2) is 0 Å². The highest BCUT2D eigenvalue weighted by atomic mass is 16.2. The predicted octanol–water partition coefficient (Wildman–Crippen LogP) is 1.22. The van der Waals surface area contributed by atoms with Gasteiger partial charge in [-0.2, -0.15) is 0 Å². The lowest BCUT2D eigenvalue weighted by atomic mass is 9.93. The first-order chi connectivity index (χ1) is 16.6. The summed E-state index contributed by atoms with van der Waals surface area (Å²) in [5.41, 5.74) is 0. The molecule has 1 saturated carbocycles. The molecule has 2 amide bonds. The first-order valence-corrected chi connectivity index (χ1v) is 14.1. The van der Waals surface area contributed by atoms with Crippen LogP contribution in [0.3, 0.4) is 0 Å². The van der Waals surface area contributed by atoms with Crippen LogP contribution in [0.4, 0.5) is 0 Å². The third kappa shape index (κ3) is 5.30. The number of fused-ring (bicyclic) bond motifs is 1. The van der Waals surface area contributed by atoms with Crippen LogP contribution < -0.4 is 10.6 Å². The van der Waals surface area contributed by atoms with Gasteiger partial charge in [0.25, 0.3) is 0 Å². The fourth-order valence-electron chi connectivity index (χ4n) is 7.29. The molecule has 4 saturated heterocycles. The van der Waals surface area contributed by atoms with E-state index >= 15 is 0 Å². The fourth-order valence-corrected chi connectivity index (χ4v) is 7.29. The van der Waals surface area contributed by atoms with Crippen molar-refractivity contribution in [3.63, 3.8) is 0 Å². The van der Waals surface area contributed by atoms with Crippen molar-refractivity contribution in [1.82, 2.24) is 30.2 Å². The topological polar surface area (TPSA) is 71.2 Å². The summed E-state index contributed by atoms with van der Waals surface area (Å²) in [6, 6.07) is 1.07. The summed E-state index contributed by atoms with van der Waals surface area (Å²) < 4.78 is 0. The number of amides is 2. The lowest BCUT2D eigenvalue weighted by Crippen LogP contribution is -2.56. The number of likely N-dealkylation sites (N-methyl/N-ethyl adjacent to an activating group) is 1. The Morgan fingerprint density at radius 2 is 1.71 bits per heavy atom. The summed E-state index contributed by atoms with van der Waals surface area (Å²) in [6.07, 6.45) is 13.2. The fraction of sp³-hybridized carbons (Fsp3) is 0.923. The van der Waals surface area contributed by atoms with E-state index in [0.29, 0.717) is 25.2 Å². The number of piperidine rings is 1. The van der Waals surface area contributed by atoms with Crippen molar-refractivity contribution >= 4 is 11.8 Å². The minimum Gasteiger partial charge on any atom is -0.353 e. The molecule has 5 aliphatic rings. The molecule has 0 bridgehead atoms. The van der Waals surface area contributed by atoms with Gasteiger partial charge in [-0.1, -0.05) is 19.3 Å². The Labute approximate surface area is 205 Å². The molecule has 2 N–H and O–H groups in total. The highest BCUT2D eigenvalue weighted by molar-refractivity contribution is 5.83. The Morgan fingerprint density at radius 1 is 0.941 bits per heavy atom. The molecule has 8 nitrogen and oxygen atoms in total. The quantitative estimate of drug-likeness (QED) is 0.624. The summed E-state index contributed by atoms with van der Waals surface area (Å²) in [5.74, 6) is 0.494. The molecule has 8 heteroatoms. The van der Waals surface area contributed by atoms with Gasteiger partial charge < -0.3 is 15.5 Å². The van der Waals surface area contributed by atoms with Crippen LogP contribution >= 0.6 is 0 Å². The highest BCUT2D eigenvalue weighted by Gasteiger charge is 2.47. The predicted molar refractivity (Wildman–Crippen MR) is 133 cm³/mol. The minimum atomic E-state index is -0.0183. The average molecular weight is 475 g/mol. The lowest BCUT2D eigenvalue weighted by Gasteiger charge is -2.41. The Kier molecular flexibility index (Phi) is 8.08. The van der Waals surface area contributed by atoms with Gasteiger partial charge in [0.15, 0.2) is 0 Å². The molecule has 0 aromatic heterocycles. The van der Waals surface area contributed by atoms with E-state index in [1.807, 2.05) is 0 Å². The van der Waals surface area contributed by atoms with Crippen LogP contribution in [0.5, 0.6) is 0 Å². The first kappa shape index (κ1) is 24.5. The maximum atomic E-state index is 13.1. The Morgan fingerprint density at radius 3 is 2.44 bits per heavy atom. The number of piperazine rings is 1. The molecule has 0 radical (unpaired) electrons. The van der Waals surface area contributed by atoms with E-state index in [2.05, 4.69) is 37.3 Å².